The van der Waals surface area contributed by atoms with Gasteiger partial charge < -0.3 is 10.1 Å². The van der Waals surface area contributed by atoms with Gasteiger partial charge in [0.05, 0.1) is 22.2 Å². The van der Waals surface area contributed by atoms with E-state index in [1.807, 2.05) is 42.5 Å². The van der Waals surface area contributed by atoms with E-state index in [0.717, 1.165) is 34.0 Å². The van der Waals surface area contributed by atoms with Crippen molar-refractivity contribution in [1.29, 1.82) is 0 Å². The number of allylic oxidation sites excluding steroid dienone is 2. The number of anilines is 1. The standard InChI is InChI=1S/C29H22N2O4/c32-29(35-22-16-13-18-5-1-2-6-20(18)17-22)26-10-4-9-25-23-7-3-8-24(23)27(30-28(25)26)19-11-14-21(15-12-19)31(33)34/h1-7,9-17,23-24,27,30H,8H2/t23-,24+,27-/m0/s1. The lowest BCUT2D eigenvalue weighted by Crippen LogP contribution is -2.30. The summed E-state index contributed by atoms with van der Waals surface area (Å²) in [6, 6.07) is 25.8. The predicted molar refractivity (Wildman–Crippen MR) is 135 cm³/mol. The number of hydrogen-bond donors (Lipinski definition) is 1. The monoisotopic (exact) mass is 462 g/mol. The van der Waals surface area contributed by atoms with Crippen LogP contribution in [0.2, 0.25) is 0 Å². The number of carbonyl (C=O) groups excluding carboxylic acids is 1. The minimum Gasteiger partial charge on any atom is -0.423 e. The van der Waals surface area contributed by atoms with E-state index in [-0.39, 0.29) is 23.6 Å². The molecule has 0 saturated carbocycles. The van der Waals surface area contributed by atoms with Crippen molar-refractivity contribution < 1.29 is 14.5 Å². The normalized spacial score (nSPS) is 20.1. The Labute approximate surface area is 202 Å². The van der Waals surface area contributed by atoms with Crippen LogP contribution >= 0.6 is 0 Å². The van der Waals surface area contributed by atoms with Gasteiger partial charge in [-0.25, -0.2) is 4.79 Å². The van der Waals surface area contributed by atoms with Crippen LogP contribution in [0.15, 0.2) is 97.1 Å². The van der Waals surface area contributed by atoms with Crippen LogP contribution in [0.5, 0.6) is 5.75 Å². The van der Waals surface area contributed by atoms with Gasteiger partial charge in [-0.3, -0.25) is 10.1 Å². The van der Waals surface area contributed by atoms with Gasteiger partial charge in [0.2, 0.25) is 0 Å². The molecule has 0 spiro atoms. The van der Waals surface area contributed by atoms with Gasteiger partial charge in [-0.2, -0.15) is 0 Å². The summed E-state index contributed by atoms with van der Waals surface area (Å²) in [5.41, 5.74) is 3.31. The van der Waals surface area contributed by atoms with Crippen LogP contribution in [0.4, 0.5) is 11.4 Å². The quantitative estimate of drug-likeness (QED) is 0.119. The zero-order valence-corrected chi connectivity index (χ0v) is 18.8. The topological polar surface area (TPSA) is 81.5 Å². The third-order valence-electron chi connectivity index (χ3n) is 7.01. The maximum Gasteiger partial charge on any atom is 0.345 e. The Morgan fingerprint density at radius 3 is 2.54 bits per heavy atom. The molecular formula is C29H22N2O4. The molecule has 1 heterocycles. The molecule has 3 atom stereocenters. The van der Waals surface area contributed by atoms with Crippen LogP contribution in [-0.2, 0) is 0 Å². The molecule has 1 aliphatic heterocycles. The first-order valence-electron chi connectivity index (χ1n) is 11.6. The fourth-order valence-corrected chi connectivity index (χ4v) is 5.32. The number of non-ortho nitro benzene ring substituents is 1. The largest absolute Gasteiger partial charge is 0.423 e. The molecule has 0 unspecified atom stereocenters. The zero-order valence-electron chi connectivity index (χ0n) is 18.8. The van der Waals surface area contributed by atoms with Gasteiger partial charge in [0.15, 0.2) is 0 Å². The molecule has 1 aliphatic carbocycles. The van der Waals surface area contributed by atoms with Crippen LogP contribution < -0.4 is 10.1 Å². The van der Waals surface area contributed by atoms with Crippen molar-refractivity contribution in [3.63, 3.8) is 0 Å². The molecule has 4 aromatic carbocycles. The van der Waals surface area contributed by atoms with Crippen molar-refractivity contribution >= 4 is 28.1 Å². The number of esters is 1. The summed E-state index contributed by atoms with van der Waals surface area (Å²) in [5, 5.41) is 16.8. The first kappa shape index (κ1) is 21.1. The van der Waals surface area contributed by atoms with E-state index in [0.29, 0.717) is 11.3 Å². The van der Waals surface area contributed by atoms with E-state index in [9.17, 15) is 14.9 Å². The number of nitro groups is 1. The van der Waals surface area contributed by atoms with Crippen molar-refractivity contribution in [1.82, 2.24) is 0 Å². The van der Waals surface area contributed by atoms with Crippen molar-refractivity contribution in [2.45, 2.75) is 18.4 Å². The Morgan fingerprint density at radius 1 is 0.943 bits per heavy atom. The third-order valence-corrected chi connectivity index (χ3v) is 7.01. The number of para-hydroxylation sites is 1. The Kier molecular flexibility index (Phi) is 5.07. The van der Waals surface area contributed by atoms with Crippen LogP contribution in [0.3, 0.4) is 0 Å². The second kappa shape index (κ2) is 8.40. The number of nitro benzene ring substituents is 1. The summed E-state index contributed by atoms with van der Waals surface area (Å²) >= 11 is 0. The predicted octanol–water partition coefficient (Wildman–Crippen LogP) is 6.79. The Balaban J connectivity index is 1.34. The Bertz CT molecular complexity index is 1490. The highest BCUT2D eigenvalue weighted by Crippen LogP contribution is 2.50. The number of rotatable bonds is 4. The maximum atomic E-state index is 13.3. The lowest BCUT2D eigenvalue weighted by atomic mass is 9.76. The van der Waals surface area contributed by atoms with Crippen LogP contribution in [0, 0.1) is 16.0 Å². The van der Waals surface area contributed by atoms with Crippen molar-refractivity contribution in [3.8, 4) is 5.75 Å². The van der Waals surface area contributed by atoms with Gasteiger partial charge in [0, 0.05) is 18.1 Å². The number of nitrogens with one attached hydrogen (secondary N) is 1. The summed E-state index contributed by atoms with van der Waals surface area (Å²) in [7, 11) is 0. The molecule has 0 amide bonds. The molecule has 0 aromatic heterocycles. The molecule has 35 heavy (non-hydrogen) atoms. The first-order chi connectivity index (χ1) is 17.1. The molecule has 6 nitrogen and oxygen atoms in total. The molecule has 1 N–H and O–H groups in total. The smallest absolute Gasteiger partial charge is 0.345 e. The number of hydrogen-bond acceptors (Lipinski definition) is 5. The highest BCUT2D eigenvalue weighted by atomic mass is 16.6. The summed E-state index contributed by atoms with van der Waals surface area (Å²) < 4.78 is 5.80. The van der Waals surface area contributed by atoms with E-state index in [2.05, 4.69) is 23.5 Å². The maximum absolute atomic E-state index is 13.3. The van der Waals surface area contributed by atoms with E-state index in [1.165, 1.54) is 12.1 Å². The fraction of sp³-hybridized carbons (Fsp3) is 0.138. The molecule has 6 heteroatoms. The van der Waals surface area contributed by atoms with Crippen molar-refractivity contribution in [2.24, 2.45) is 5.92 Å². The van der Waals surface area contributed by atoms with Gasteiger partial charge in [0.25, 0.3) is 5.69 Å². The average Bonchev–Trinajstić information content (AvgIpc) is 3.38. The first-order valence-corrected chi connectivity index (χ1v) is 11.6. The van der Waals surface area contributed by atoms with E-state index in [1.54, 1.807) is 24.3 Å². The van der Waals surface area contributed by atoms with Crippen molar-refractivity contribution in [3.05, 3.63) is 124 Å². The average molecular weight is 463 g/mol. The number of fused-ring (bicyclic) bond motifs is 4. The minimum atomic E-state index is -0.424. The van der Waals surface area contributed by atoms with Gasteiger partial charge in [-0.1, -0.05) is 66.7 Å². The molecular weight excluding hydrogens is 440 g/mol. The molecule has 6 rings (SSSR count). The van der Waals surface area contributed by atoms with Gasteiger partial charge in [0.1, 0.15) is 5.75 Å². The number of carbonyl (C=O) groups is 1. The lowest BCUT2D eigenvalue weighted by Gasteiger charge is -2.38. The second-order valence-corrected chi connectivity index (χ2v) is 8.99. The van der Waals surface area contributed by atoms with E-state index < -0.39 is 10.9 Å². The highest BCUT2D eigenvalue weighted by molar-refractivity contribution is 5.98. The van der Waals surface area contributed by atoms with Gasteiger partial charge >= 0.3 is 5.97 Å². The number of ether oxygens (including phenoxy) is 1. The highest BCUT2D eigenvalue weighted by Gasteiger charge is 2.39. The molecule has 172 valence electrons. The molecule has 0 fully saturated rings. The van der Waals surface area contributed by atoms with Crippen LogP contribution in [0.25, 0.3) is 10.8 Å². The van der Waals surface area contributed by atoms with E-state index >= 15 is 0 Å². The summed E-state index contributed by atoms with van der Waals surface area (Å²) in [6.07, 6.45) is 5.26. The van der Waals surface area contributed by atoms with Gasteiger partial charge in [-0.15, -0.1) is 0 Å². The Hall–Kier alpha value is -4.45. The SMILES string of the molecule is O=C(Oc1ccc2ccccc2c1)c1cccc2c1N[C@@H](c1ccc([N+](=O)[O-])cc1)[C@@H]1CC=C[C@H]21. The second-order valence-electron chi connectivity index (χ2n) is 8.99. The summed E-state index contributed by atoms with van der Waals surface area (Å²) in [4.78, 5) is 24.0. The fourth-order valence-electron chi connectivity index (χ4n) is 5.32. The Morgan fingerprint density at radius 2 is 1.74 bits per heavy atom. The molecule has 2 aliphatic rings. The summed E-state index contributed by atoms with van der Waals surface area (Å²) in [6.45, 7) is 0. The van der Waals surface area contributed by atoms with Crippen LogP contribution in [0.1, 0.15) is 39.9 Å². The lowest BCUT2D eigenvalue weighted by molar-refractivity contribution is -0.384. The molecule has 0 saturated heterocycles. The molecule has 0 bridgehead atoms. The third kappa shape index (κ3) is 3.73. The molecule has 0 radical (unpaired) electrons. The molecule has 4 aromatic rings. The summed E-state index contributed by atoms with van der Waals surface area (Å²) in [5.74, 6) is 0.482. The van der Waals surface area contributed by atoms with Crippen LogP contribution in [-0.4, -0.2) is 10.9 Å². The van der Waals surface area contributed by atoms with E-state index in [4.69, 9.17) is 4.74 Å². The zero-order chi connectivity index (χ0) is 23.9. The number of benzene rings is 4. The number of nitrogens with zero attached hydrogens (tertiary/aromatic N) is 1. The van der Waals surface area contributed by atoms with Crippen molar-refractivity contribution in [2.75, 3.05) is 5.32 Å². The minimum absolute atomic E-state index is 0.0608. The van der Waals surface area contributed by atoms with Gasteiger partial charge in [-0.05, 0) is 52.4 Å².